The number of nitrogens with zero attached hydrogens (tertiary/aromatic N) is 4. The van der Waals surface area contributed by atoms with Gasteiger partial charge in [-0.05, 0) is 99.8 Å². The Bertz CT molecular complexity index is 2910. The van der Waals surface area contributed by atoms with Gasteiger partial charge in [-0.3, -0.25) is 53.0 Å². The van der Waals surface area contributed by atoms with E-state index in [0.29, 0.717) is 62.7 Å². The van der Waals surface area contributed by atoms with E-state index in [1.165, 1.54) is 64.3 Å². The van der Waals surface area contributed by atoms with Crippen LogP contribution in [0.15, 0.2) is 66.7 Å². The lowest BCUT2D eigenvalue weighted by Crippen LogP contribution is -2.63. The number of nitrogens with one attached hydrogen (secondary N) is 6. The quantitative estimate of drug-likeness (QED) is 0.0341. The summed E-state index contributed by atoms with van der Waals surface area (Å²) in [6, 6.07) is 8.35. The number of benzene rings is 2. The van der Waals surface area contributed by atoms with E-state index in [1.54, 1.807) is 58.7 Å². The van der Waals surface area contributed by atoms with Crippen molar-refractivity contribution in [2.45, 2.75) is 200 Å². The fourth-order valence-corrected chi connectivity index (χ4v) is 12.1. The Morgan fingerprint density at radius 1 is 0.747 bits per heavy atom. The highest BCUT2D eigenvalue weighted by Gasteiger charge is 2.45. The molecule has 2 heterocycles. The van der Waals surface area contributed by atoms with E-state index in [-0.39, 0.29) is 87.5 Å². The highest BCUT2D eigenvalue weighted by atomic mass is 16.6. The zero-order chi connectivity index (χ0) is 70.9. The molecular weight excluding hydrogens is 1230 g/mol. The van der Waals surface area contributed by atoms with Gasteiger partial charge in [-0.15, -0.1) is 0 Å². The first kappa shape index (κ1) is 79.4. The molecule has 0 aromatic heterocycles. The van der Waals surface area contributed by atoms with Crippen LogP contribution < -0.4 is 37.6 Å². The molecule has 0 spiro atoms. The van der Waals surface area contributed by atoms with Gasteiger partial charge in [-0.2, -0.15) is 0 Å². The van der Waals surface area contributed by atoms with E-state index in [9.17, 15) is 63.0 Å². The highest BCUT2D eigenvalue weighted by Crippen LogP contribution is 2.30. The van der Waals surface area contributed by atoms with Crippen LogP contribution in [-0.4, -0.2) is 210 Å². The topological polar surface area (TPSA) is 367 Å². The number of likely N-dealkylation sites (tertiary alicyclic amines) is 1. The lowest BCUT2D eigenvalue weighted by atomic mass is 9.89. The summed E-state index contributed by atoms with van der Waals surface area (Å²) in [4.78, 5) is 152. The Morgan fingerprint density at radius 3 is 1.96 bits per heavy atom. The summed E-state index contributed by atoms with van der Waals surface area (Å²) in [5, 5.41) is 38.1. The van der Waals surface area contributed by atoms with Crippen LogP contribution >= 0.6 is 0 Å². The first-order valence-corrected chi connectivity index (χ1v) is 32.9. The highest BCUT2D eigenvalue weighted by molar-refractivity contribution is 6.12. The van der Waals surface area contributed by atoms with E-state index in [4.69, 9.17) is 19.9 Å². The van der Waals surface area contributed by atoms with Crippen molar-refractivity contribution in [3.63, 3.8) is 0 Å². The Kier molecular flexibility index (Phi) is 32.2. The first-order valence-electron chi connectivity index (χ1n) is 32.9. The number of aliphatic hydroxyl groups excluding tert-OH is 1. The molecule has 1 fully saturated rings. The van der Waals surface area contributed by atoms with Crippen molar-refractivity contribution in [1.29, 1.82) is 0 Å². The maximum Gasteiger partial charge on any atom is 0.410 e. The molecule has 12 amide bonds. The molecule has 10 N–H and O–H groups in total. The number of ether oxygens (including phenoxy) is 3. The predicted octanol–water partition coefficient (Wildman–Crippen LogP) is 3.67. The van der Waals surface area contributed by atoms with E-state index in [2.05, 4.69) is 31.9 Å². The van der Waals surface area contributed by atoms with Crippen molar-refractivity contribution in [2.24, 2.45) is 29.4 Å². The van der Waals surface area contributed by atoms with Gasteiger partial charge in [-0.1, -0.05) is 104 Å². The molecule has 1 saturated heterocycles. The molecule has 2 aromatic rings. The Labute approximate surface area is 559 Å². The van der Waals surface area contributed by atoms with Crippen LogP contribution in [0, 0.1) is 23.7 Å². The van der Waals surface area contributed by atoms with Crippen LogP contribution in [0.2, 0.25) is 0 Å². The van der Waals surface area contributed by atoms with Crippen LogP contribution in [0.5, 0.6) is 0 Å². The number of amides is 12. The van der Waals surface area contributed by atoms with Crippen LogP contribution in [-0.2, 0) is 70.4 Å². The average molecular weight is 1330 g/mol. The molecule has 4 rings (SSSR count). The summed E-state index contributed by atoms with van der Waals surface area (Å²) in [6.07, 6.45) is 3.90. The van der Waals surface area contributed by atoms with Crippen molar-refractivity contribution in [2.75, 3.05) is 59.9 Å². The number of primary amides is 1. The maximum absolute atomic E-state index is 14.8. The average Bonchev–Trinajstić information content (AvgIpc) is 1.68. The standard InChI is InChI=1S/C68H105N11O16/c1-14-43(6)58(51(93-12)38-55(84)78-36-22-26-50(78)59(94-13)44(7)61(85)72-48(39-80)37-45-23-17-15-18-24-45)76(10)65(89)57(42(4)5)75-64(88)60(68(8,9)92)77(11)67(91)95-40-46-28-30-47(31-29-46)71-62(86)49(25-21-34-70-66(69)90)73-63(87)56(41(2)3)74-52(81)27-19-16-20-35-79-53(82)32-33-54(79)83/h15,17-18,23-24,28-33,41-44,48-51,56-60,80,92H,14,16,19-22,25-27,34-40H2,1-13H3,(H,71,86)(H,72,85)(H,73,87)(H,74,81)(H,75,88)(H3,69,70,90)/t43-,44+,48-,49-,50-,51+,56-,57-,58-,59+,60?/m0/s1. The molecule has 2 aliphatic heterocycles. The summed E-state index contributed by atoms with van der Waals surface area (Å²) in [5.74, 6) is -6.15. The lowest BCUT2D eigenvalue weighted by molar-refractivity contribution is -0.148. The molecule has 0 saturated carbocycles. The fraction of sp³-hybridized carbons (Fsp3) is 0.632. The largest absolute Gasteiger partial charge is 0.445 e. The number of likely N-dealkylation sites (N-methyl/N-ethyl adjacent to an activating group) is 2. The number of imide groups is 1. The summed E-state index contributed by atoms with van der Waals surface area (Å²) in [5.41, 5.74) is 5.08. The number of nitrogens with two attached hydrogens (primary N) is 1. The monoisotopic (exact) mass is 1330 g/mol. The number of aliphatic hydroxyl groups is 2. The normalized spacial score (nSPS) is 17.1. The number of urea groups is 1. The number of unbranched alkanes of at least 4 members (excludes halogenated alkanes) is 2. The Hall–Kier alpha value is -8.01. The second-order valence-electron chi connectivity index (χ2n) is 26.1. The molecule has 1 unspecified atom stereocenters. The van der Waals surface area contributed by atoms with E-state index < -0.39 is 114 Å². The molecule has 27 heteroatoms. The number of hydrogen-bond donors (Lipinski definition) is 9. The summed E-state index contributed by atoms with van der Waals surface area (Å²) >= 11 is 0. The summed E-state index contributed by atoms with van der Waals surface area (Å²) in [7, 11) is 5.84. The van der Waals surface area contributed by atoms with Gasteiger partial charge in [0.1, 0.15) is 30.8 Å². The molecule has 2 aliphatic rings. The predicted molar refractivity (Wildman–Crippen MR) is 355 cm³/mol. The van der Waals surface area contributed by atoms with Crippen LogP contribution in [0.1, 0.15) is 138 Å². The van der Waals surface area contributed by atoms with Crippen molar-refractivity contribution >= 4 is 71.0 Å². The van der Waals surface area contributed by atoms with E-state index in [1.807, 2.05) is 44.2 Å². The minimum atomic E-state index is -1.88. The molecular formula is C68H105N11O16. The van der Waals surface area contributed by atoms with Crippen molar-refractivity contribution in [3.8, 4) is 0 Å². The second kappa shape index (κ2) is 38.5. The maximum atomic E-state index is 14.8. The van der Waals surface area contributed by atoms with Crippen molar-refractivity contribution in [3.05, 3.63) is 77.9 Å². The zero-order valence-corrected chi connectivity index (χ0v) is 57.6. The molecule has 0 aliphatic carbocycles. The first-order chi connectivity index (χ1) is 44.9. The molecule has 11 atom stereocenters. The van der Waals surface area contributed by atoms with Gasteiger partial charge < -0.3 is 71.9 Å². The molecule has 0 bridgehead atoms. The number of methoxy groups -OCH3 is 2. The minimum Gasteiger partial charge on any atom is -0.445 e. The van der Waals surface area contributed by atoms with Gasteiger partial charge in [0.2, 0.25) is 41.4 Å². The van der Waals surface area contributed by atoms with Gasteiger partial charge in [0.05, 0.1) is 54.9 Å². The minimum absolute atomic E-state index is 0.0649. The van der Waals surface area contributed by atoms with Crippen molar-refractivity contribution < 1.29 is 77.2 Å². The third-order valence-corrected chi connectivity index (χ3v) is 17.6. The van der Waals surface area contributed by atoms with Crippen LogP contribution in [0.3, 0.4) is 0 Å². The van der Waals surface area contributed by atoms with Crippen molar-refractivity contribution in [1.82, 2.24) is 46.2 Å². The number of hydrogen-bond acceptors (Lipinski definition) is 16. The van der Waals surface area contributed by atoms with E-state index in [0.717, 1.165) is 15.4 Å². The van der Waals surface area contributed by atoms with Gasteiger partial charge in [-0.25, -0.2) is 9.59 Å². The number of carbonyl (C=O) groups excluding carboxylic acids is 11. The molecule has 95 heavy (non-hydrogen) atoms. The number of carbonyl (C=O) groups is 11. The molecule has 528 valence electrons. The Morgan fingerprint density at radius 2 is 1.39 bits per heavy atom. The van der Waals surface area contributed by atoms with Gasteiger partial charge in [0.15, 0.2) is 0 Å². The molecule has 0 radical (unpaired) electrons. The van der Waals surface area contributed by atoms with Gasteiger partial charge in [0.25, 0.3) is 11.8 Å². The molecule has 2 aromatic carbocycles. The number of rotatable bonds is 39. The van der Waals surface area contributed by atoms with E-state index >= 15 is 0 Å². The van der Waals surface area contributed by atoms with Gasteiger partial charge in [0, 0.05) is 72.2 Å². The SMILES string of the molecule is CC[C@H](C)[C@@H]([C@@H](CC(=O)N1CCC[C@H]1[C@H](OC)[C@@H](C)C(=O)N[C@H](CO)Cc1ccccc1)OC)N(C)C(=O)[C@@H](NC(=O)C(N(C)C(=O)OCc1ccc(NC(=O)[C@H](CCCNC(N)=O)NC(=O)[C@@H](NC(=O)CCCCCN2C(=O)C=CC2=O)C(C)C)cc1)C(C)(C)O)C(C)C. The summed E-state index contributed by atoms with van der Waals surface area (Å²) < 4.78 is 17.7. The third kappa shape index (κ3) is 24.0. The lowest BCUT2D eigenvalue weighted by Gasteiger charge is -2.41. The fourth-order valence-electron chi connectivity index (χ4n) is 12.1. The second-order valence-corrected chi connectivity index (χ2v) is 26.1. The van der Waals surface area contributed by atoms with Crippen LogP contribution in [0.25, 0.3) is 0 Å². The summed E-state index contributed by atoms with van der Waals surface area (Å²) in [6.45, 7) is 15.4. The third-order valence-electron chi connectivity index (χ3n) is 17.6. The number of anilines is 1. The van der Waals surface area contributed by atoms with Crippen LogP contribution in [0.4, 0.5) is 15.3 Å². The Balaban J connectivity index is 1.39. The molecule has 27 nitrogen and oxygen atoms in total. The van der Waals surface area contributed by atoms with Gasteiger partial charge >= 0.3 is 12.1 Å². The zero-order valence-electron chi connectivity index (χ0n) is 57.6. The smallest absolute Gasteiger partial charge is 0.410 e.